The molecule has 0 saturated carbocycles. The van der Waals surface area contributed by atoms with E-state index in [1.165, 1.54) is 13.1 Å². The highest BCUT2D eigenvalue weighted by Gasteiger charge is 2.10. The fraction of sp³-hybridized carbons (Fsp3) is 0.167. The molecule has 0 aliphatic heterocycles. The summed E-state index contributed by atoms with van der Waals surface area (Å²) >= 11 is 0. The lowest BCUT2D eigenvalue weighted by molar-refractivity contribution is -0.115. The number of nitrogens with zero attached hydrogens (tertiary/aromatic N) is 2. The maximum absolute atomic E-state index is 12.1. The molecule has 8 heteroatoms. The van der Waals surface area contributed by atoms with Crippen molar-refractivity contribution in [3.05, 3.63) is 54.4 Å². The number of para-hydroxylation sites is 2. The molecular weight excluding hydrogens is 334 g/mol. The number of carbonyl (C=O) groups excluding carboxylic acids is 3. The Balaban J connectivity index is 1.93. The first-order valence-electron chi connectivity index (χ1n) is 7.86. The van der Waals surface area contributed by atoms with E-state index in [0.717, 1.165) is 0 Å². The molecule has 1 aromatic heterocycles. The van der Waals surface area contributed by atoms with Gasteiger partial charge in [-0.05, 0) is 31.2 Å². The molecule has 8 nitrogen and oxygen atoms in total. The molecule has 1 heterocycles. The number of hydrogen-bond acceptors (Lipinski definition) is 5. The van der Waals surface area contributed by atoms with Crippen molar-refractivity contribution in [2.24, 2.45) is 5.10 Å². The molecule has 3 N–H and O–H groups in total. The fourth-order valence-corrected chi connectivity index (χ4v) is 2.06. The SMILES string of the molecule is CC(=O)Nc1ccccc1NC(=O)C/C(C)=N\NC(=O)c1ccccn1. The zero-order valence-electron chi connectivity index (χ0n) is 14.4. The van der Waals surface area contributed by atoms with Gasteiger partial charge < -0.3 is 10.6 Å². The average Bonchev–Trinajstić information content (AvgIpc) is 2.61. The van der Waals surface area contributed by atoms with E-state index < -0.39 is 5.91 Å². The Labute approximate surface area is 150 Å². The molecule has 0 fully saturated rings. The van der Waals surface area contributed by atoms with E-state index in [0.29, 0.717) is 17.1 Å². The lowest BCUT2D eigenvalue weighted by atomic mass is 10.2. The van der Waals surface area contributed by atoms with Crippen molar-refractivity contribution >= 4 is 34.8 Å². The number of nitrogens with one attached hydrogen (secondary N) is 3. The maximum atomic E-state index is 12.1. The van der Waals surface area contributed by atoms with Crippen molar-refractivity contribution in [1.29, 1.82) is 0 Å². The Kier molecular flexibility index (Phi) is 6.55. The van der Waals surface area contributed by atoms with E-state index in [4.69, 9.17) is 0 Å². The second kappa shape index (κ2) is 9.07. The van der Waals surface area contributed by atoms with Gasteiger partial charge in [-0.3, -0.25) is 19.4 Å². The highest BCUT2D eigenvalue weighted by molar-refractivity contribution is 6.07. The van der Waals surface area contributed by atoms with E-state index in [1.807, 2.05) is 0 Å². The smallest absolute Gasteiger partial charge is 0.289 e. The van der Waals surface area contributed by atoms with Crippen molar-refractivity contribution in [1.82, 2.24) is 10.4 Å². The van der Waals surface area contributed by atoms with E-state index in [9.17, 15) is 14.4 Å². The molecule has 0 spiro atoms. The lowest BCUT2D eigenvalue weighted by Crippen LogP contribution is -2.22. The van der Waals surface area contributed by atoms with Crippen LogP contribution in [0.15, 0.2) is 53.8 Å². The Bertz CT molecular complexity index is 834. The van der Waals surface area contributed by atoms with Crippen LogP contribution in [-0.2, 0) is 9.59 Å². The summed E-state index contributed by atoms with van der Waals surface area (Å²) in [6.45, 7) is 3.01. The number of carbonyl (C=O) groups is 3. The molecular formula is C18H19N5O3. The van der Waals surface area contributed by atoms with Crippen LogP contribution >= 0.6 is 0 Å². The van der Waals surface area contributed by atoms with E-state index in [2.05, 4.69) is 26.1 Å². The van der Waals surface area contributed by atoms with Crippen molar-refractivity contribution in [2.45, 2.75) is 20.3 Å². The first-order chi connectivity index (χ1) is 12.5. The quantitative estimate of drug-likeness (QED) is 0.546. The number of anilines is 2. The van der Waals surface area contributed by atoms with Gasteiger partial charge in [-0.25, -0.2) is 5.43 Å². The molecule has 0 aliphatic carbocycles. The molecule has 3 amide bonds. The minimum Gasteiger partial charge on any atom is -0.325 e. The summed E-state index contributed by atoms with van der Waals surface area (Å²) < 4.78 is 0. The van der Waals surface area contributed by atoms with Crippen LogP contribution in [0.4, 0.5) is 11.4 Å². The maximum Gasteiger partial charge on any atom is 0.289 e. The van der Waals surface area contributed by atoms with Crippen LogP contribution in [0.5, 0.6) is 0 Å². The van der Waals surface area contributed by atoms with Gasteiger partial charge in [-0.1, -0.05) is 18.2 Å². The van der Waals surface area contributed by atoms with Crippen LogP contribution in [0.25, 0.3) is 0 Å². The Hall–Kier alpha value is -3.55. The number of hydrazone groups is 1. The molecule has 26 heavy (non-hydrogen) atoms. The highest BCUT2D eigenvalue weighted by Crippen LogP contribution is 2.21. The van der Waals surface area contributed by atoms with Gasteiger partial charge in [0.05, 0.1) is 17.8 Å². The topological polar surface area (TPSA) is 113 Å². The van der Waals surface area contributed by atoms with Gasteiger partial charge in [0.1, 0.15) is 5.69 Å². The van der Waals surface area contributed by atoms with Gasteiger partial charge in [0.25, 0.3) is 5.91 Å². The Morgan fingerprint density at radius 2 is 1.62 bits per heavy atom. The van der Waals surface area contributed by atoms with Gasteiger partial charge in [-0.2, -0.15) is 5.10 Å². The number of rotatable bonds is 6. The van der Waals surface area contributed by atoms with Gasteiger partial charge in [-0.15, -0.1) is 0 Å². The summed E-state index contributed by atoms with van der Waals surface area (Å²) in [7, 11) is 0. The summed E-state index contributed by atoms with van der Waals surface area (Å²) in [5.41, 5.74) is 4.00. The summed E-state index contributed by atoms with van der Waals surface area (Å²) in [4.78, 5) is 39.1. The molecule has 1 aromatic carbocycles. The number of benzene rings is 1. The predicted octanol–water partition coefficient (Wildman–Crippen LogP) is 2.17. The normalized spacial score (nSPS) is 10.8. The molecule has 134 valence electrons. The van der Waals surface area contributed by atoms with E-state index in [1.54, 1.807) is 49.4 Å². The number of aromatic nitrogens is 1. The van der Waals surface area contributed by atoms with Gasteiger partial charge >= 0.3 is 0 Å². The van der Waals surface area contributed by atoms with E-state index >= 15 is 0 Å². The standard InChI is InChI=1S/C18H19N5O3/c1-12(22-23-18(26)16-9-5-6-10-19-16)11-17(25)21-15-8-4-3-7-14(15)20-13(2)24/h3-10H,11H2,1-2H3,(H,20,24)(H,21,25)(H,23,26)/b22-12-. The molecule has 2 aromatic rings. The summed E-state index contributed by atoms with van der Waals surface area (Å²) in [5.74, 6) is -1.01. The molecule has 0 bridgehead atoms. The summed E-state index contributed by atoms with van der Waals surface area (Å²) in [6.07, 6.45) is 1.49. The van der Waals surface area contributed by atoms with Crippen LogP contribution < -0.4 is 16.1 Å². The first kappa shape index (κ1) is 18.8. The number of hydrogen-bond donors (Lipinski definition) is 3. The van der Waals surface area contributed by atoms with Gasteiger partial charge in [0.15, 0.2) is 0 Å². The van der Waals surface area contributed by atoms with Crippen molar-refractivity contribution in [3.63, 3.8) is 0 Å². The Morgan fingerprint density at radius 3 is 2.23 bits per heavy atom. The minimum atomic E-state index is -0.457. The largest absolute Gasteiger partial charge is 0.325 e. The third-order valence-corrected chi connectivity index (χ3v) is 3.17. The molecule has 0 atom stereocenters. The number of pyridine rings is 1. The van der Waals surface area contributed by atoms with Crippen molar-refractivity contribution < 1.29 is 14.4 Å². The zero-order chi connectivity index (χ0) is 18.9. The second-order valence-corrected chi connectivity index (χ2v) is 5.45. The summed E-state index contributed by atoms with van der Waals surface area (Å²) in [5, 5.41) is 9.25. The van der Waals surface area contributed by atoms with Crippen LogP contribution in [0, 0.1) is 0 Å². The molecule has 0 radical (unpaired) electrons. The van der Waals surface area contributed by atoms with Crippen LogP contribution in [0.1, 0.15) is 30.8 Å². The van der Waals surface area contributed by atoms with Gasteiger partial charge in [0.2, 0.25) is 11.8 Å². The third-order valence-electron chi connectivity index (χ3n) is 3.17. The highest BCUT2D eigenvalue weighted by atomic mass is 16.2. The minimum absolute atomic E-state index is 0.0170. The average molecular weight is 353 g/mol. The van der Waals surface area contributed by atoms with Crippen LogP contribution in [-0.4, -0.2) is 28.4 Å². The van der Waals surface area contributed by atoms with Crippen LogP contribution in [0.2, 0.25) is 0 Å². The number of amides is 3. The Morgan fingerprint density at radius 1 is 0.962 bits per heavy atom. The third kappa shape index (κ3) is 5.82. The first-order valence-corrected chi connectivity index (χ1v) is 7.86. The van der Waals surface area contributed by atoms with Crippen LogP contribution in [0.3, 0.4) is 0 Å². The zero-order valence-corrected chi connectivity index (χ0v) is 14.4. The lowest BCUT2D eigenvalue weighted by Gasteiger charge is -2.11. The molecule has 0 unspecified atom stereocenters. The second-order valence-electron chi connectivity index (χ2n) is 5.45. The summed E-state index contributed by atoms with van der Waals surface area (Å²) in [6, 6.07) is 11.8. The molecule has 2 rings (SSSR count). The van der Waals surface area contributed by atoms with E-state index in [-0.39, 0.29) is 23.9 Å². The fourth-order valence-electron chi connectivity index (χ4n) is 2.06. The molecule has 0 aliphatic rings. The van der Waals surface area contributed by atoms with Gasteiger partial charge in [0, 0.05) is 18.8 Å². The van der Waals surface area contributed by atoms with Crippen molar-refractivity contribution in [2.75, 3.05) is 10.6 Å². The van der Waals surface area contributed by atoms with Crippen molar-refractivity contribution in [3.8, 4) is 0 Å². The molecule has 0 saturated heterocycles. The predicted molar refractivity (Wildman–Crippen MR) is 98.8 cm³/mol. The monoisotopic (exact) mass is 353 g/mol.